The summed E-state index contributed by atoms with van der Waals surface area (Å²) in [6.07, 6.45) is 0. The number of carbonyl (C=O) groups excluding carboxylic acids is 1. The van der Waals surface area contributed by atoms with Crippen LogP contribution in [-0.2, 0) is 10.0 Å². The minimum absolute atomic E-state index is 0.0601. The first-order valence-electron chi connectivity index (χ1n) is 6.20. The molecule has 2 rings (SSSR count). The quantitative estimate of drug-likeness (QED) is 0.673. The smallest absolute Gasteiger partial charge is 0.246 e. The Morgan fingerprint density at radius 2 is 2.10 bits per heavy atom. The van der Waals surface area contributed by atoms with Crippen molar-refractivity contribution in [1.29, 1.82) is 0 Å². The number of sulfonamides is 1. The first-order valence-corrected chi connectivity index (χ1v) is 8.80. The summed E-state index contributed by atoms with van der Waals surface area (Å²) < 4.78 is 26.4. The van der Waals surface area contributed by atoms with Crippen LogP contribution in [0.25, 0.3) is 0 Å². The maximum Gasteiger partial charge on any atom is 0.246 e. The predicted octanol–water partition coefficient (Wildman–Crippen LogP) is 0.232. The molecule has 0 aliphatic carbocycles. The molecule has 0 amide bonds. The number of rotatable bonds is 5. The monoisotopic (exact) mass is 315 g/mol. The zero-order chi connectivity index (χ0) is 14.6. The van der Waals surface area contributed by atoms with Crippen LogP contribution in [0, 0.1) is 0 Å². The zero-order valence-corrected chi connectivity index (χ0v) is 12.5. The summed E-state index contributed by atoms with van der Waals surface area (Å²) >= 11 is 1.42. The first-order chi connectivity index (χ1) is 9.53. The molecule has 0 radical (unpaired) electrons. The highest BCUT2D eigenvalue weighted by atomic mass is 32.3. The Bertz CT molecular complexity index is 566. The number of carbonyl (C=O) groups is 1. The predicted molar refractivity (Wildman–Crippen MR) is 81.5 cm³/mol. The van der Waals surface area contributed by atoms with Gasteiger partial charge in [-0.05, 0) is 24.3 Å². The van der Waals surface area contributed by atoms with E-state index in [2.05, 4.69) is 10.0 Å². The number of Topliss-reactive ketones (excluding diaryl/α,β-unsaturated/α-hetero) is 1. The van der Waals surface area contributed by atoms with Gasteiger partial charge in [0.1, 0.15) is 4.58 Å². The van der Waals surface area contributed by atoms with Crippen LogP contribution >= 0.6 is 11.8 Å². The number of anilines is 1. The van der Waals surface area contributed by atoms with E-state index >= 15 is 0 Å². The molecule has 1 atom stereocenters. The van der Waals surface area contributed by atoms with Crippen LogP contribution in [0.1, 0.15) is 10.4 Å². The summed E-state index contributed by atoms with van der Waals surface area (Å²) in [7, 11) is -3.43. The molecule has 4 N–H and O–H groups in total. The lowest BCUT2D eigenvalue weighted by Gasteiger charge is -2.23. The summed E-state index contributed by atoms with van der Waals surface area (Å²) in [6.45, 7) is 1.20. The van der Waals surface area contributed by atoms with E-state index in [1.165, 1.54) is 11.8 Å². The van der Waals surface area contributed by atoms with Gasteiger partial charge in [0.25, 0.3) is 0 Å². The fourth-order valence-electron chi connectivity index (χ4n) is 1.81. The molecule has 0 bridgehead atoms. The van der Waals surface area contributed by atoms with Gasteiger partial charge in [-0.1, -0.05) is 0 Å². The number of hydrogen-bond donors (Lipinski definition) is 3. The maximum atomic E-state index is 12.2. The first kappa shape index (κ1) is 15.3. The molecule has 1 aromatic rings. The van der Waals surface area contributed by atoms with Crippen LogP contribution in [0.5, 0.6) is 0 Å². The minimum Gasteiger partial charge on any atom is -0.324 e. The van der Waals surface area contributed by atoms with E-state index in [4.69, 9.17) is 5.73 Å². The summed E-state index contributed by atoms with van der Waals surface area (Å²) in [5.41, 5.74) is 6.20. The van der Waals surface area contributed by atoms with Crippen molar-refractivity contribution in [2.24, 2.45) is 5.73 Å². The van der Waals surface area contributed by atoms with E-state index in [0.29, 0.717) is 17.8 Å². The Morgan fingerprint density at radius 3 is 2.65 bits per heavy atom. The van der Waals surface area contributed by atoms with E-state index in [9.17, 15) is 13.2 Å². The van der Waals surface area contributed by atoms with Gasteiger partial charge in [0.05, 0.1) is 6.54 Å². The summed E-state index contributed by atoms with van der Waals surface area (Å²) in [5, 5.41) is 3.06. The van der Waals surface area contributed by atoms with Crippen molar-refractivity contribution < 1.29 is 13.2 Å². The average molecular weight is 315 g/mol. The second kappa shape index (κ2) is 6.57. The minimum atomic E-state index is -3.43. The zero-order valence-electron chi connectivity index (χ0n) is 10.8. The van der Waals surface area contributed by atoms with Crippen molar-refractivity contribution in [3.63, 3.8) is 0 Å². The van der Waals surface area contributed by atoms with Gasteiger partial charge in [-0.3, -0.25) is 9.52 Å². The third-order valence-corrected chi connectivity index (χ3v) is 6.42. The summed E-state index contributed by atoms with van der Waals surface area (Å²) in [6, 6.07) is 6.28. The highest BCUT2D eigenvalue weighted by molar-refractivity contribution is 8.14. The van der Waals surface area contributed by atoms with Gasteiger partial charge >= 0.3 is 0 Å². The Kier molecular flexibility index (Phi) is 5.03. The van der Waals surface area contributed by atoms with Crippen molar-refractivity contribution in [2.45, 2.75) is 4.58 Å². The molecule has 8 heteroatoms. The molecule has 110 valence electrons. The lowest BCUT2D eigenvalue weighted by molar-refractivity contribution is 0.100. The maximum absolute atomic E-state index is 12.2. The highest BCUT2D eigenvalue weighted by Gasteiger charge is 2.27. The number of benzene rings is 1. The molecule has 6 nitrogen and oxygen atoms in total. The Labute approximate surface area is 122 Å². The third-order valence-electron chi connectivity index (χ3n) is 2.89. The topological polar surface area (TPSA) is 101 Å². The molecule has 1 aromatic carbocycles. The van der Waals surface area contributed by atoms with E-state index in [1.54, 1.807) is 24.3 Å². The lowest BCUT2D eigenvalue weighted by atomic mass is 10.1. The third kappa shape index (κ3) is 3.72. The number of nitrogens with one attached hydrogen (secondary N) is 2. The van der Waals surface area contributed by atoms with Crippen LogP contribution < -0.4 is 15.8 Å². The van der Waals surface area contributed by atoms with Gasteiger partial charge < -0.3 is 11.1 Å². The van der Waals surface area contributed by atoms with Gasteiger partial charge in [-0.2, -0.15) is 0 Å². The molecule has 0 saturated carbocycles. The molecule has 1 unspecified atom stereocenters. The summed E-state index contributed by atoms with van der Waals surface area (Å²) in [5.74, 6) is 0.599. The van der Waals surface area contributed by atoms with Crippen LogP contribution in [0.15, 0.2) is 24.3 Å². The SMILES string of the molecule is NCC(=O)c1ccc(NS(=O)(=O)C2CNCCS2)cc1. The van der Waals surface area contributed by atoms with Crippen molar-refractivity contribution >= 4 is 33.3 Å². The molecule has 20 heavy (non-hydrogen) atoms. The van der Waals surface area contributed by atoms with Crippen molar-refractivity contribution in [3.05, 3.63) is 29.8 Å². The molecule has 0 aromatic heterocycles. The van der Waals surface area contributed by atoms with Crippen molar-refractivity contribution in [1.82, 2.24) is 5.32 Å². The second-order valence-corrected chi connectivity index (χ2v) is 7.83. The molecule has 1 heterocycles. The molecular weight excluding hydrogens is 298 g/mol. The molecular formula is C12H17N3O3S2. The Hall–Kier alpha value is -1.09. The van der Waals surface area contributed by atoms with Crippen molar-refractivity contribution in [2.75, 3.05) is 30.1 Å². The van der Waals surface area contributed by atoms with Gasteiger partial charge in [0, 0.05) is 30.1 Å². The molecule has 0 spiro atoms. The second-order valence-electron chi connectivity index (χ2n) is 4.36. The Balaban J connectivity index is 2.07. The highest BCUT2D eigenvalue weighted by Crippen LogP contribution is 2.22. The van der Waals surface area contributed by atoms with Crippen LogP contribution in [0.3, 0.4) is 0 Å². The largest absolute Gasteiger partial charge is 0.324 e. The fourth-order valence-corrected chi connectivity index (χ4v) is 4.66. The normalized spacial score (nSPS) is 19.6. The molecule has 1 fully saturated rings. The lowest BCUT2D eigenvalue weighted by Crippen LogP contribution is -2.40. The molecule has 1 aliphatic heterocycles. The fraction of sp³-hybridized carbons (Fsp3) is 0.417. The summed E-state index contributed by atoms with van der Waals surface area (Å²) in [4.78, 5) is 11.4. The number of nitrogens with two attached hydrogens (primary N) is 1. The molecule has 1 aliphatic rings. The van der Waals surface area contributed by atoms with E-state index < -0.39 is 14.6 Å². The van der Waals surface area contributed by atoms with E-state index in [1.807, 2.05) is 0 Å². The number of hydrogen-bond acceptors (Lipinski definition) is 6. The van der Waals surface area contributed by atoms with Gasteiger partial charge in [-0.15, -0.1) is 11.8 Å². The van der Waals surface area contributed by atoms with E-state index in [0.717, 1.165) is 12.3 Å². The van der Waals surface area contributed by atoms with Crippen molar-refractivity contribution in [3.8, 4) is 0 Å². The van der Waals surface area contributed by atoms with Gasteiger partial charge in [-0.25, -0.2) is 8.42 Å². The van der Waals surface area contributed by atoms with Gasteiger partial charge in [0.15, 0.2) is 5.78 Å². The molecule has 1 saturated heterocycles. The number of ketones is 1. The van der Waals surface area contributed by atoms with Crippen LogP contribution in [0.2, 0.25) is 0 Å². The van der Waals surface area contributed by atoms with Crippen LogP contribution in [0.4, 0.5) is 5.69 Å². The average Bonchev–Trinajstić information content (AvgIpc) is 2.48. The van der Waals surface area contributed by atoms with E-state index in [-0.39, 0.29) is 12.3 Å². The van der Waals surface area contributed by atoms with Gasteiger partial charge in [0.2, 0.25) is 10.0 Å². The standard InChI is InChI=1S/C12H17N3O3S2/c13-7-11(16)9-1-3-10(4-2-9)15-20(17,18)12-8-14-5-6-19-12/h1-4,12,14-15H,5-8,13H2. The Morgan fingerprint density at radius 1 is 1.40 bits per heavy atom. The van der Waals surface area contributed by atoms with Crippen LogP contribution in [-0.4, -0.2) is 44.2 Å². The number of thioether (sulfide) groups is 1.